The molecule has 1 amide bonds. The zero-order valence-electron chi connectivity index (χ0n) is 14.0. The van der Waals surface area contributed by atoms with E-state index in [0.29, 0.717) is 25.3 Å². The molecule has 130 valence electrons. The molecule has 1 rings (SSSR count). The fourth-order valence-electron chi connectivity index (χ4n) is 1.79. The van der Waals surface area contributed by atoms with Gasteiger partial charge >= 0.3 is 6.09 Å². The van der Waals surface area contributed by atoms with Gasteiger partial charge in [0.1, 0.15) is 10.5 Å². The molecule has 8 heteroatoms. The zero-order valence-corrected chi connectivity index (χ0v) is 14.8. The Morgan fingerprint density at radius 2 is 1.83 bits per heavy atom. The molecule has 23 heavy (non-hydrogen) atoms. The van der Waals surface area contributed by atoms with Crippen molar-refractivity contribution in [1.82, 2.24) is 10.0 Å². The number of rotatable bonds is 7. The first-order chi connectivity index (χ1) is 10.7. The summed E-state index contributed by atoms with van der Waals surface area (Å²) in [5, 5.41) is 5.61. The molecule has 0 bridgehead atoms. The maximum Gasteiger partial charge on any atom is 0.407 e. The van der Waals surface area contributed by atoms with Crippen LogP contribution in [0.5, 0.6) is 0 Å². The molecule has 1 aromatic carbocycles. The van der Waals surface area contributed by atoms with Gasteiger partial charge in [0.25, 0.3) is 0 Å². The molecule has 0 radical (unpaired) electrons. The normalized spacial score (nSPS) is 11.8. The van der Waals surface area contributed by atoms with Gasteiger partial charge < -0.3 is 15.4 Å². The van der Waals surface area contributed by atoms with E-state index in [9.17, 15) is 13.2 Å². The average molecular weight is 343 g/mol. The minimum atomic E-state index is -3.54. The molecule has 1 aromatic rings. The first-order valence-electron chi connectivity index (χ1n) is 7.45. The third-order valence-corrected chi connectivity index (χ3v) is 4.22. The summed E-state index contributed by atoms with van der Waals surface area (Å²) in [5.41, 5.74) is -0.0660. The van der Waals surface area contributed by atoms with Gasteiger partial charge in [0.15, 0.2) is 0 Å². The summed E-state index contributed by atoms with van der Waals surface area (Å²) in [6.45, 7) is 8.07. The number of benzene rings is 1. The number of ether oxygens (including phenoxy) is 1. The summed E-state index contributed by atoms with van der Waals surface area (Å²) in [5.74, 6) is 0. The third kappa shape index (κ3) is 6.87. The van der Waals surface area contributed by atoms with Crippen LogP contribution in [0.4, 0.5) is 10.5 Å². The largest absolute Gasteiger partial charge is 0.444 e. The van der Waals surface area contributed by atoms with Crippen LogP contribution in [0.2, 0.25) is 0 Å². The highest BCUT2D eigenvalue weighted by atomic mass is 32.2. The van der Waals surface area contributed by atoms with Gasteiger partial charge in [-0.2, -0.15) is 0 Å². The van der Waals surface area contributed by atoms with Gasteiger partial charge in [-0.05, 0) is 32.9 Å². The Kier molecular flexibility index (Phi) is 6.83. The number of hydrogen-bond donors (Lipinski definition) is 3. The molecular formula is C15H25N3O4S. The van der Waals surface area contributed by atoms with Crippen LogP contribution in [0.1, 0.15) is 27.7 Å². The van der Waals surface area contributed by atoms with E-state index < -0.39 is 21.7 Å². The molecule has 0 spiro atoms. The Morgan fingerprint density at radius 3 is 2.43 bits per heavy atom. The Hall–Kier alpha value is -1.80. The second-order valence-electron chi connectivity index (χ2n) is 5.85. The molecule has 0 aliphatic heterocycles. The average Bonchev–Trinajstić information content (AvgIpc) is 2.42. The molecule has 0 aliphatic rings. The molecule has 7 nitrogen and oxygen atoms in total. The standard InChI is InChI=1S/C15H25N3O4S/c1-5-18-23(20,21)13-9-7-6-8-12(13)16-10-11-17-14(19)22-15(2,3)4/h6-9,16,18H,5,10-11H2,1-4H3,(H,17,19). The summed E-state index contributed by atoms with van der Waals surface area (Å²) in [6.07, 6.45) is -0.507. The summed E-state index contributed by atoms with van der Waals surface area (Å²) >= 11 is 0. The fraction of sp³-hybridized carbons (Fsp3) is 0.533. The van der Waals surface area contributed by atoms with E-state index in [4.69, 9.17) is 4.74 Å². The lowest BCUT2D eigenvalue weighted by atomic mass is 10.2. The lowest BCUT2D eigenvalue weighted by Crippen LogP contribution is -2.35. The summed E-state index contributed by atoms with van der Waals surface area (Å²) < 4.78 is 31.8. The van der Waals surface area contributed by atoms with Gasteiger partial charge in [0.05, 0.1) is 5.69 Å². The predicted molar refractivity (Wildman–Crippen MR) is 90.0 cm³/mol. The Labute approximate surface area is 137 Å². The van der Waals surface area contributed by atoms with Gasteiger partial charge in [0.2, 0.25) is 10.0 Å². The summed E-state index contributed by atoms with van der Waals surface area (Å²) in [6, 6.07) is 6.61. The second kappa shape index (κ2) is 8.16. The van der Waals surface area contributed by atoms with Gasteiger partial charge in [-0.3, -0.25) is 0 Å². The monoisotopic (exact) mass is 343 g/mol. The predicted octanol–water partition coefficient (Wildman–Crippen LogP) is 1.92. The zero-order chi connectivity index (χ0) is 17.5. The molecule has 0 saturated carbocycles. The van der Waals surface area contributed by atoms with E-state index in [-0.39, 0.29) is 4.90 Å². The number of anilines is 1. The van der Waals surface area contributed by atoms with Crippen LogP contribution in [0, 0.1) is 0 Å². The van der Waals surface area contributed by atoms with Gasteiger partial charge in [-0.25, -0.2) is 17.9 Å². The van der Waals surface area contributed by atoms with Crippen LogP contribution in [0.15, 0.2) is 29.2 Å². The SMILES string of the molecule is CCNS(=O)(=O)c1ccccc1NCCNC(=O)OC(C)(C)C. The molecule has 0 heterocycles. The van der Waals surface area contributed by atoms with Crippen LogP contribution >= 0.6 is 0 Å². The summed E-state index contributed by atoms with van der Waals surface area (Å²) in [4.78, 5) is 11.7. The number of carbonyl (C=O) groups is 1. The van der Waals surface area contributed by atoms with Crippen molar-refractivity contribution < 1.29 is 17.9 Å². The van der Waals surface area contributed by atoms with Gasteiger partial charge in [-0.15, -0.1) is 0 Å². The van der Waals surface area contributed by atoms with Gasteiger partial charge in [0, 0.05) is 19.6 Å². The van der Waals surface area contributed by atoms with Crippen molar-refractivity contribution >= 4 is 21.8 Å². The van der Waals surface area contributed by atoms with Crippen molar-refractivity contribution in [2.24, 2.45) is 0 Å². The quantitative estimate of drug-likeness (QED) is 0.657. The van der Waals surface area contributed by atoms with Crippen molar-refractivity contribution in [2.45, 2.75) is 38.2 Å². The highest BCUT2D eigenvalue weighted by Crippen LogP contribution is 2.20. The maximum absolute atomic E-state index is 12.1. The number of para-hydroxylation sites is 1. The van der Waals surface area contributed by atoms with Crippen molar-refractivity contribution in [3.8, 4) is 0 Å². The van der Waals surface area contributed by atoms with Crippen molar-refractivity contribution in [3.05, 3.63) is 24.3 Å². The summed E-state index contributed by atoms with van der Waals surface area (Å²) in [7, 11) is -3.54. The fourth-order valence-corrected chi connectivity index (χ4v) is 3.01. The third-order valence-electron chi connectivity index (χ3n) is 2.62. The van der Waals surface area contributed by atoms with E-state index in [1.54, 1.807) is 45.9 Å². The maximum atomic E-state index is 12.1. The Morgan fingerprint density at radius 1 is 1.17 bits per heavy atom. The molecule has 0 saturated heterocycles. The van der Waals surface area contributed by atoms with Crippen molar-refractivity contribution in [1.29, 1.82) is 0 Å². The van der Waals surface area contributed by atoms with Crippen LogP contribution in [0.3, 0.4) is 0 Å². The molecule has 0 fully saturated rings. The number of sulfonamides is 1. The lowest BCUT2D eigenvalue weighted by Gasteiger charge is -2.20. The highest BCUT2D eigenvalue weighted by Gasteiger charge is 2.17. The molecule has 0 aliphatic carbocycles. The molecule has 0 unspecified atom stereocenters. The number of carbonyl (C=O) groups excluding carboxylic acids is 1. The first-order valence-corrected chi connectivity index (χ1v) is 8.93. The molecule has 0 atom stereocenters. The number of alkyl carbamates (subject to hydrolysis) is 1. The van der Waals surface area contributed by atoms with Crippen LogP contribution < -0.4 is 15.4 Å². The number of nitrogens with one attached hydrogen (secondary N) is 3. The second-order valence-corrected chi connectivity index (χ2v) is 7.59. The lowest BCUT2D eigenvalue weighted by molar-refractivity contribution is 0.0530. The van der Waals surface area contributed by atoms with E-state index >= 15 is 0 Å². The minimum absolute atomic E-state index is 0.180. The highest BCUT2D eigenvalue weighted by molar-refractivity contribution is 7.89. The number of hydrogen-bond acceptors (Lipinski definition) is 5. The van der Waals surface area contributed by atoms with Crippen LogP contribution in [0.25, 0.3) is 0 Å². The molecule has 3 N–H and O–H groups in total. The van der Waals surface area contributed by atoms with Crippen LogP contribution in [-0.2, 0) is 14.8 Å². The van der Waals surface area contributed by atoms with E-state index in [1.807, 2.05) is 0 Å². The van der Waals surface area contributed by atoms with Crippen molar-refractivity contribution in [2.75, 3.05) is 25.0 Å². The Bertz CT molecular complexity index is 624. The molecular weight excluding hydrogens is 318 g/mol. The van der Waals surface area contributed by atoms with Gasteiger partial charge in [-0.1, -0.05) is 19.1 Å². The number of amides is 1. The van der Waals surface area contributed by atoms with Crippen LogP contribution in [-0.4, -0.2) is 39.7 Å². The van der Waals surface area contributed by atoms with Crippen molar-refractivity contribution in [3.63, 3.8) is 0 Å². The van der Waals surface area contributed by atoms with E-state index in [2.05, 4.69) is 15.4 Å². The minimum Gasteiger partial charge on any atom is -0.444 e. The first kappa shape index (κ1) is 19.2. The van der Waals surface area contributed by atoms with E-state index in [0.717, 1.165) is 0 Å². The van der Waals surface area contributed by atoms with E-state index in [1.165, 1.54) is 6.07 Å². The smallest absolute Gasteiger partial charge is 0.407 e. The Balaban J connectivity index is 2.58. The topological polar surface area (TPSA) is 96.5 Å². The molecule has 0 aromatic heterocycles.